The first-order chi connectivity index (χ1) is 9.65. The Labute approximate surface area is 125 Å². The van der Waals surface area contributed by atoms with E-state index >= 15 is 0 Å². The van der Waals surface area contributed by atoms with E-state index in [-0.39, 0.29) is 0 Å². The summed E-state index contributed by atoms with van der Waals surface area (Å²) in [4.78, 5) is 0. The van der Waals surface area contributed by atoms with Crippen LogP contribution in [0.15, 0.2) is 12.1 Å². The van der Waals surface area contributed by atoms with E-state index in [2.05, 4.69) is 12.2 Å². The standard InChI is InChI=1S/C15H22ClNO3/c1-10(13-5-4-6-20-13)17-9-11-7-12(16)15(19-3)14(8-11)18-2/h7-8,10,13,17H,4-6,9H2,1-3H3/t10-,13-/m0/s1. The van der Waals surface area contributed by atoms with Crippen LogP contribution in [0.3, 0.4) is 0 Å². The molecule has 2 rings (SSSR count). The summed E-state index contributed by atoms with van der Waals surface area (Å²) in [5.74, 6) is 1.23. The van der Waals surface area contributed by atoms with Gasteiger partial charge >= 0.3 is 0 Å². The summed E-state index contributed by atoms with van der Waals surface area (Å²) in [5, 5.41) is 4.04. The highest BCUT2D eigenvalue weighted by molar-refractivity contribution is 6.32. The molecular formula is C15H22ClNO3. The van der Waals surface area contributed by atoms with Gasteiger partial charge in [-0.05, 0) is 37.5 Å². The van der Waals surface area contributed by atoms with Crippen LogP contribution in [-0.2, 0) is 11.3 Å². The Bertz CT molecular complexity index is 447. The van der Waals surface area contributed by atoms with Crippen LogP contribution in [0.5, 0.6) is 11.5 Å². The largest absolute Gasteiger partial charge is 0.493 e. The molecule has 112 valence electrons. The van der Waals surface area contributed by atoms with Gasteiger partial charge in [0.15, 0.2) is 11.5 Å². The van der Waals surface area contributed by atoms with Crippen LogP contribution in [0.25, 0.3) is 0 Å². The van der Waals surface area contributed by atoms with Crippen molar-refractivity contribution in [1.82, 2.24) is 5.32 Å². The fraction of sp³-hybridized carbons (Fsp3) is 0.600. The second-order valence-corrected chi connectivity index (χ2v) is 5.44. The van der Waals surface area contributed by atoms with Gasteiger partial charge in [-0.25, -0.2) is 0 Å². The van der Waals surface area contributed by atoms with Gasteiger partial charge < -0.3 is 19.5 Å². The molecule has 0 aromatic heterocycles. The van der Waals surface area contributed by atoms with E-state index in [9.17, 15) is 0 Å². The topological polar surface area (TPSA) is 39.7 Å². The Morgan fingerprint density at radius 3 is 2.80 bits per heavy atom. The summed E-state index contributed by atoms with van der Waals surface area (Å²) in [6, 6.07) is 4.17. The predicted molar refractivity (Wildman–Crippen MR) is 79.8 cm³/mol. The van der Waals surface area contributed by atoms with Crippen molar-refractivity contribution in [3.63, 3.8) is 0 Å². The average Bonchev–Trinajstić information content (AvgIpc) is 2.98. The third-order valence-electron chi connectivity index (χ3n) is 3.64. The van der Waals surface area contributed by atoms with Gasteiger partial charge in [-0.15, -0.1) is 0 Å². The van der Waals surface area contributed by atoms with Crippen LogP contribution in [0.1, 0.15) is 25.3 Å². The van der Waals surface area contributed by atoms with Gasteiger partial charge in [-0.3, -0.25) is 0 Å². The third-order valence-corrected chi connectivity index (χ3v) is 3.92. The maximum Gasteiger partial charge on any atom is 0.179 e. The number of ether oxygens (including phenoxy) is 3. The second-order valence-electron chi connectivity index (χ2n) is 5.03. The van der Waals surface area contributed by atoms with Crippen LogP contribution < -0.4 is 14.8 Å². The van der Waals surface area contributed by atoms with E-state index in [0.717, 1.165) is 31.6 Å². The summed E-state index contributed by atoms with van der Waals surface area (Å²) < 4.78 is 16.2. The molecule has 1 aliphatic rings. The fourth-order valence-electron chi connectivity index (χ4n) is 2.48. The molecule has 1 aromatic carbocycles. The SMILES string of the molecule is COc1cc(CN[C@@H](C)[C@@H]2CCCO2)cc(Cl)c1OC. The van der Waals surface area contributed by atoms with Gasteiger partial charge in [0.1, 0.15) is 0 Å². The number of nitrogens with one attached hydrogen (secondary N) is 1. The predicted octanol–water partition coefficient (Wildman–Crippen LogP) is 3.01. The highest BCUT2D eigenvalue weighted by atomic mass is 35.5. The monoisotopic (exact) mass is 299 g/mol. The lowest BCUT2D eigenvalue weighted by Crippen LogP contribution is -2.36. The zero-order valence-electron chi connectivity index (χ0n) is 12.2. The maximum atomic E-state index is 6.20. The maximum absolute atomic E-state index is 6.20. The van der Waals surface area contributed by atoms with Crippen molar-refractivity contribution in [3.8, 4) is 11.5 Å². The molecule has 20 heavy (non-hydrogen) atoms. The molecule has 1 N–H and O–H groups in total. The van der Waals surface area contributed by atoms with E-state index in [1.165, 1.54) is 0 Å². The number of hydrogen-bond donors (Lipinski definition) is 1. The first-order valence-corrected chi connectivity index (χ1v) is 7.29. The molecule has 2 atom stereocenters. The molecular weight excluding hydrogens is 278 g/mol. The number of hydrogen-bond acceptors (Lipinski definition) is 4. The van der Waals surface area contributed by atoms with E-state index in [1.807, 2.05) is 12.1 Å². The van der Waals surface area contributed by atoms with Crippen molar-refractivity contribution in [1.29, 1.82) is 0 Å². The summed E-state index contributed by atoms with van der Waals surface area (Å²) in [7, 11) is 3.20. The second kappa shape index (κ2) is 7.16. The molecule has 1 heterocycles. The first kappa shape index (κ1) is 15.4. The van der Waals surface area contributed by atoms with Gasteiger partial charge in [0.2, 0.25) is 0 Å². The van der Waals surface area contributed by atoms with Gasteiger partial charge in [-0.1, -0.05) is 11.6 Å². The van der Waals surface area contributed by atoms with Gasteiger partial charge in [-0.2, -0.15) is 0 Å². The van der Waals surface area contributed by atoms with E-state index in [4.69, 9.17) is 25.8 Å². The summed E-state index contributed by atoms with van der Waals surface area (Å²) in [6.45, 7) is 3.75. The van der Waals surface area contributed by atoms with Crippen molar-refractivity contribution in [2.45, 2.75) is 38.5 Å². The molecule has 1 saturated heterocycles. The van der Waals surface area contributed by atoms with Crippen molar-refractivity contribution in [2.75, 3.05) is 20.8 Å². The molecule has 1 fully saturated rings. The Kier molecular flexibility index (Phi) is 5.52. The molecule has 1 aliphatic heterocycles. The Morgan fingerprint density at radius 1 is 1.40 bits per heavy atom. The number of rotatable bonds is 6. The molecule has 0 aliphatic carbocycles. The van der Waals surface area contributed by atoms with Crippen LogP contribution in [0.2, 0.25) is 5.02 Å². The minimum atomic E-state index is 0.311. The Balaban J connectivity index is 2.00. The van der Waals surface area contributed by atoms with Gasteiger partial charge in [0.05, 0.1) is 25.3 Å². The first-order valence-electron chi connectivity index (χ1n) is 6.91. The fourth-order valence-corrected chi connectivity index (χ4v) is 2.79. The normalized spacial score (nSPS) is 19.9. The molecule has 4 nitrogen and oxygen atoms in total. The van der Waals surface area contributed by atoms with Crippen LogP contribution in [0.4, 0.5) is 0 Å². The van der Waals surface area contributed by atoms with E-state index < -0.39 is 0 Å². The minimum Gasteiger partial charge on any atom is -0.493 e. The molecule has 0 radical (unpaired) electrons. The van der Waals surface area contributed by atoms with Crippen LogP contribution in [-0.4, -0.2) is 33.0 Å². The number of benzene rings is 1. The lowest BCUT2D eigenvalue weighted by Gasteiger charge is -2.20. The molecule has 0 unspecified atom stereocenters. The molecule has 1 aromatic rings. The molecule has 0 saturated carbocycles. The lowest BCUT2D eigenvalue weighted by atomic mass is 10.1. The van der Waals surface area contributed by atoms with E-state index in [0.29, 0.717) is 28.7 Å². The van der Waals surface area contributed by atoms with Crippen molar-refractivity contribution in [2.24, 2.45) is 0 Å². The smallest absolute Gasteiger partial charge is 0.179 e. The third kappa shape index (κ3) is 3.57. The Hall–Kier alpha value is -0.970. The van der Waals surface area contributed by atoms with Crippen LogP contribution >= 0.6 is 11.6 Å². The number of halogens is 1. The summed E-state index contributed by atoms with van der Waals surface area (Å²) >= 11 is 6.20. The van der Waals surface area contributed by atoms with Crippen molar-refractivity contribution < 1.29 is 14.2 Å². The minimum absolute atomic E-state index is 0.311. The zero-order valence-corrected chi connectivity index (χ0v) is 13.0. The zero-order chi connectivity index (χ0) is 14.5. The highest BCUT2D eigenvalue weighted by Crippen LogP contribution is 2.36. The molecule has 0 spiro atoms. The van der Waals surface area contributed by atoms with Crippen molar-refractivity contribution in [3.05, 3.63) is 22.7 Å². The molecule has 0 bridgehead atoms. The Morgan fingerprint density at radius 2 is 2.20 bits per heavy atom. The highest BCUT2D eigenvalue weighted by Gasteiger charge is 2.22. The lowest BCUT2D eigenvalue weighted by molar-refractivity contribution is 0.0832. The summed E-state index contributed by atoms with van der Waals surface area (Å²) in [6.07, 6.45) is 2.59. The summed E-state index contributed by atoms with van der Waals surface area (Å²) in [5.41, 5.74) is 1.07. The molecule has 0 amide bonds. The van der Waals surface area contributed by atoms with Gasteiger partial charge in [0.25, 0.3) is 0 Å². The van der Waals surface area contributed by atoms with E-state index in [1.54, 1.807) is 14.2 Å². The van der Waals surface area contributed by atoms with Gasteiger partial charge in [0, 0.05) is 19.2 Å². The number of methoxy groups -OCH3 is 2. The van der Waals surface area contributed by atoms with Crippen LogP contribution in [0, 0.1) is 0 Å². The van der Waals surface area contributed by atoms with Crippen molar-refractivity contribution >= 4 is 11.6 Å². The molecule has 5 heteroatoms. The quantitative estimate of drug-likeness (QED) is 0.876. The average molecular weight is 300 g/mol.